The molecule has 0 saturated heterocycles. The van der Waals surface area contributed by atoms with Crippen LogP contribution in [0, 0.1) is 0 Å². The first-order valence-electron chi connectivity index (χ1n) is 8.59. The summed E-state index contributed by atoms with van der Waals surface area (Å²) >= 11 is 0. The topological polar surface area (TPSA) is 78.9 Å². The van der Waals surface area contributed by atoms with Crippen LogP contribution in [0.1, 0.15) is 19.3 Å². The maximum Gasteiger partial charge on any atom is 0.242 e. The van der Waals surface area contributed by atoms with Gasteiger partial charge in [0.2, 0.25) is 5.95 Å². The summed E-state index contributed by atoms with van der Waals surface area (Å²) < 4.78 is 0. The van der Waals surface area contributed by atoms with Gasteiger partial charge in [0.15, 0.2) is 0 Å². The maximum atomic E-state index is 4.56. The lowest BCUT2D eigenvalue weighted by Gasteiger charge is -2.21. The summed E-state index contributed by atoms with van der Waals surface area (Å²) in [5.74, 6) is 1.52. The molecule has 0 spiro atoms. The molecule has 1 aliphatic carbocycles. The van der Waals surface area contributed by atoms with Gasteiger partial charge < -0.3 is 15.5 Å². The molecular weight excluding hydrogens is 314 g/mol. The number of allylic oxidation sites excluding steroid dienone is 2. The van der Waals surface area contributed by atoms with Gasteiger partial charge in [0.05, 0.1) is 24.3 Å². The molecule has 1 fully saturated rings. The molecule has 0 bridgehead atoms. The predicted octanol–water partition coefficient (Wildman–Crippen LogP) is 2.60. The molecule has 0 aromatic carbocycles. The van der Waals surface area contributed by atoms with Gasteiger partial charge in [-0.15, -0.1) is 5.10 Å². The second-order valence-corrected chi connectivity index (χ2v) is 6.29. The van der Waals surface area contributed by atoms with Gasteiger partial charge in [0, 0.05) is 24.8 Å². The van der Waals surface area contributed by atoms with E-state index in [1.807, 2.05) is 18.3 Å². The lowest BCUT2D eigenvalue weighted by molar-refractivity contribution is 0.713. The highest BCUT2D eigenvalue weighted by Gasteiger charge is 2.25. The average Bonchev–Trinajstić information content (AvgIpc) is 3.11. The van der Waals surface area contributed by atoms with Crippen molar-refractivity contribution in [3.8, 4) is 0 Å². The Morgan fingerprint density at radius 2 is 1.92 bits per heavy atom. The summed E-state index contributed by atoms with van der Waals surface area (Å²) in [6.07, 6.45) is 16.6. The molecule has 0 unspecified atom stereocenters. The molecule has 1 saturated carbocycles. The van der Waals surface area contributed by atoms with E-state index in [9.17, 15) is 0 Å². The van der Waals surface area contributed by atoms with Crippen LogP contribution < -0.4 is 15.5 Å². The fourth-order valence-corrected chi connectivity index (χ4v) is 3.25. The molecular formula is C18H21N7. The molecule has 2 aromatic rings. The molecule has 2 aliphatic rings. The van der Waals surface area contributed by atoms with E-state index < -0.39 is 0 Å². The summed E-state index contributed by atoms with van der Waals surface area (Å²) in [4.78, 5) is 10.9. The van der Waals surface area contributed by atoms with Gasteiger partial charge >= 0.3 is 0 Å². The zero-order valence-electron chi connectivity index (χ0n) is 13.9. The van der Waals surface area contributed by atoms with Crippen molar-refractivity contribution in [3.63, 3.8) is 0 Å². The zero-order chi connectivity index (χ0) is 16.9. The highest BCUT2D eigenvalue weighted by molar-refractivity contribution is 5.53. The number of hydrogen-bond acceptors (Lipinski definition) is 7. The van der Waals surface area contributed by atoms with Crippen molar-refractivity contribution in [3.05, 3.63) is 55.2 Å². The van der Waals surface area contributed by atoms with Crippen LogP contribution in [0.5, 0.6) is 0 Å². The minimum absolute atomic E-state index is 0.367. The van der Waals surface area contributed by atoms with Gasteiger partial charge in [-0.05, 0) is 37.5 Å². The number of hydrogen-bond donors (Lipinski definition) is 2. The highest BCUT2D eigenvalue weighted by atomic mass is 15.2. The van der Waals surface area contributed by atoms with Gasteiger partial charge in [-0.25, -0.2) is 9.97 Å². The first-order valence-corrected chi connectivity index (χ1v) is 8.59. The van der Waals surface area contributed by atoms with E-state index in [0.717, 1.165) is 37.3 Å². The van der Waals surface area contributed by atoms with E-state index in [0.29, 0.717) is 18.0 Å². The van der Waals surface area contributed by atoms with Crippen LogP contribution in [0.2, 0.25) is 0 Å². The van der Waals surface area contributed by atoms with Gasteiger partial charge in [-0.1, -0.05) is 12.2 Å². The van der Waals surface area contributed by atoms with Crippen molar-refractivity contribution >= 4 is 17.5 Å². The van der Waals surface area contributed by atoms with Crippen molar-refractivity contribution in [1.82, 2.24) is 20.2 Å². The first-order chi connectivity index (χ1) is 12.4. The molecule has 2 atom stereocenters. The van der Waals surface area contributed by atoms with E-state index in [-0.39, 0.29) is 0 Å². The Balaban J connectivity index is 1.30. The van der Waals surface area contributed by atoms with Crippen LogP contribution in [0.15, 0.2) is 55.2 Å². The van der Waals surface area contributed by atoms with Crippen LogP contribution in [0.4, 0.5) is 17.5 Å². The Bertz CT molecular complexity index is 742. The van der Waals surface area contributed by atoms with Crippen LogP contribution in [-0.4, -0.2) is 38.8 Å². The lowest BCUT2D eigenvalue weighted by atomic mass is 10.2. The normalized spacial score (nSPS) is 22.2. The minimum Gasteiger partial charge on any atom is -0.367 e. The third-order valence-electron chi connectivity index (χ3n) is 4.50. The van der Waals surface area contributed by atoms with Crippen molar-refractivity contribution in [2.75, 3.05) is 22.1 Å². The van der Waals surface area contributed by atoms with Gasteiger partial charge in [0.25, 0.3) is 0 Å². The fraction of sp³-hybridized carbons (Fsp3) is 0.333. The van der Waals surface area contributed by atoms with Crippen molar-refractivity contribution in [1.29, 1.82) is 0 Å². The predicted molar refractivity (Wildman–Crippen MR) is 98.4 cm³/mol. The standard InChI is InChI=1S/C18H21N7/c1-2-10-25(11-3-1)16-6-7-17(20-13-16)22-14-4-5-15(12-14)23-18-19-8-9-21-24-18/h1-3,6-10,13-15H,4-5,11-12H2,(H,20,22)(H,19,23,24)/t14-,15-/m0/s1. The first kappa shape index (κ1) is 15.6. The van der Waals surface area contributed by atoms with Crippen molar-refractivity contribution < 1.29 is 0 Å². The Hall–Kier alpha value is -2.96. The second-order valence-electron chi connectivity index (χ2n) is 6.29. The number of aromatic nitrogens is 4. The fourth-order valence-electron chi connectivity index (χ4n) is 3.25. The van der Waals surface area contributed by atoms with Crippen LogP contribution >= 0.6 is 0 Å². The molecule has 25 heavy (non-hydrogen) atoms. The number of anilines is 3. The van der Waals surface area contributed by atoms with E-state index in [4.69, 9.17) is 0 Å². The average molecular weight is 335 g/mol. The summed E-state index contributed by atoms with van der Waals surface area (Å²) in [7, 11) is 0. The number of pyridine rings is 1. The van der Waals surface area contributed by atoms with Gasteiger partial charge in [0.1, 0.15) is 5.82 Å². The smallest absolute Gasteiger partial charge is 0.242 e. The Morgan fingerprint density at radius 3 is 2.64 bits per heavy atom. The number of nitrogens with one attached hydrogen (secondary N) is 2. The Morgan fingerprint density at radius 1 is 1.00 bits per heavy atom. The Kier molecular flexibility index (Phi) is 4.54. The maximum absolute atomic E-state index is 4.56. The van der Waals surface area contributed by atoms with Crippen LogP contribution in [0.25, 0.3) is 0 Å². The van der Waals surface area contributed by atoms with Crippen molar-refractivity contribution in [2.45, 2.75) is 31.3 Å². The third kappa shape index (κ3) is 3.93. The summed E-state index contributed by atoms with van der Waals surface area (Å²) in [5.41, 5.74) is 1.10. The molecule has 7 nitrogen and oxygen atoms in total. The summed E-state index contributed by atoms with van der Waals surface area (Å²) in [6, 6.07) is 4.93. The number of nitrogens with zero attached hydrogens (tertiary/aromatic N) is 5. The Labute approximate surface area is 146 Å². The largest absolute Gasteiger partial charge is 0.367 e. The minimum atomic E-state index is 0.367. The van der Waals surface area contributed by atoms with Crippen LogP contribution in [0.3, 0.4) is 0 Å². The zero-order valence-corrected chi connectivity index (χ0v) is 13.9. The summed E-state index contributed by atoms with van der Waals surface area (Å²) in [6.45, 7) is 0.886. The molecule has 2 N–H and O–H groups in total. The number of rotatable bonds is 5. The highest BCUT2D eigenvalue weighted by Crippen LogP contribution is 2.25. The second kappa shape index (κ2) is 7.29. The molecule has 0 amide bonds. The molecule has 7 heteroatoms. The van der Waals surface area contributed by atoms with E-state index in [1.165, 1.54) is 0 Å². The van der Waals surface area contributed by atoms with E-state index in [2.05, 4.69) is 60.1 Å². The van der Waals surface area contributed by atoms with Crippen molar-refractivity contribution in [2.24, 2.45) is 0 Å². The molecule has 0 radical (unpaired) electrons. The molecule has 3 heterocycles. The van der Waals surface area contributed by atoms with E-state index in [1.54, 1.807) is 12.4 Å². The van der Waals surface area contributed by atoms with Gasteiger partial charge in [-0.3, -0.25) is 0 Å². The molecule has 4 rings (SSSR count). The van der Waals surface area contributed by atoms with Crippen LogP contribution in [-0.2, 0) is 0 Å². The van der Waals surface area contributed by atoms with Gasteiger partial charge in [-0.2, -0.15) is 5.10 Å². The third-order valence-corrected chi connectivity index (χ3v) is 4.50. The molecule has 128 valence electrons. The quantitative estimate of drug-likeness (QED) is 0.869. The monoisotopic (exact) mass is 335 g/mol. The lowest BCUT2D eigenvalue weighted by Crippen LogP contribution is -2.22. The summed E-state index contributed by atoms with van der Waals surface area (Å²) in [5, 5.41) is 14.7. The SMILES string of the molecule is C1=CCN(c2ccc(N[C@H]3CC[C@H](Nc4nccnn4)C3)nc2)C=C1. The van der Waals surface area contributed by atoms with E-state index >= 15 is 0 Å². The molecule has 2 aromatic heterocycles. The molecule has 1 aliphatic heterocycles.